The van der Waals surface area contributed by atoms with Crippen molar-refractivity contribution in [2.75, 3.05) is 59.2 Å². The minimum atomic E-state index is -0.0426. The Hall–Kier alpha value is -0.690. The lowest BCUT2D eigenvalue weighted by Crippen LogP contribution is -2.45. The summed E-state index contributed by atoms with van der Waals surface area (Å²) in [6.07, 6.45) is 0.938. The first-order valence-electron chi connectivity index (χ1n) is 8.11. The van der Waals surface area contributed by atoms with Crippen LogP contribution in [0.3, 0.4) is 0 Å². The van der Waals surface area contributed by atoms with Crippen molar-refractivity contribution in [1.29, 1.82) is 0 Å². The van der Waals surface area contributed by atoms with E-state index in [9.17, 15) is 4.79 Å². The number of likely N-dealkylation sites (tertiary alicyclic amines) is 1. The van der Waals surface area contributed by atoms with Crippen LogP contribution in [0.4, 0.5) is 0 Å². The number of fused-ring (bicyclic) bond motifs is 1. The molecule has 3 atom stereocenters. The second-order valence-corrected chi connectivity index (χ2v) is 6.15. The predicted molar refractivity (Wildman–Crippen MR) is 76.5 cm³/mol. The fourth-order valence-electron chi connectivity index (χ4n) is 3.67. The third-order valence-electron chi connectivity index (χ3n) is 4.79. The van der Waals surface area contributed by atoms with Crippen LogP contribution in [0.25, 0.3) is 0 Å². The first-order valence-corrected chi connectivity index (χ1v) is 8.11. The predicted octanol–water partition coefficient (Wildman–Crippen LogP) is 0.381. The minimum absolute atomic E-state index is 0.0426. The summed E-state index contributed by atoms with van der Waals surface area (Å²) in [6.45, 7) is 9.19. The van der Waals surface area contributed by atoms with Gasteiger partial charge in [-0.2, -0.15) is 0 Å². The van der Waals surface area contributed by atoms with Gasteiger partial charge < -0.3 is 14.4 Å². The van der Waals surface area contributed by atoms with E-state index in [1.165, 1.54) is 0 Å². The maximum absolute atomic E-state index is 12.6. The van der Waals surface area contributed by atoms with E-state index < -0.39 is 0 Å². The number of carbonyl (C=O) groups excluding carboxylic acids is 1. The minimum Gasteiger partial charge on any atom is -0.380 e. The molecule has 3 heterocycles. The quantitative estimate of drug-likeness (QED) is 0.687. The van der Waals surface area contributed by atoms with Crippen LogP contribution in [-0.4, -0.2) is 75.1 Å². The lowest BCUT2D eigenvalue weighted by Gasteiger charge is -2.33. The van der Waals surface area contributed by atoms with Gasteiger partial charge in [0.05, 0.1) is 38.9 Å². The molecule has 3 rings (SSSR count). The second kappa shape index (κ2) is 7.05. The Kier molecular flexibility index (Phi) is 5.11. The normalized spacial score (nSPS) is 33.4. The number of hydrogen-bond donors (Lipinski definition) is 0. The van der Waals surface area contributed by atoms with E-state index in [1.54, 1.807) is 5.06 Å². The fourth-order valence-corrected chi connectivity index (χ4v) is 3.67. The van der Waals surface area contributed by atoms with Crippen molar-refractivity contribution < 1.29 is 19.1 Å². The van der Waals surface area contributed by atoms with E-state index in [0.717, 1.165) is 52.4 Å². The Morgan fingerprint density at radius 3 is 3.00 bits per heavy atom. The van der Waals surface area contributed by atoms with Crippen LogP contribution in [0.1, 0.15) is 13.3 Å². The number of ether oxygens (including phenoxy) is 2. The van der Waals surface area contributed by atoms with E-state index in [-0.39, 0.29) is 11.8 Å². The smallest absolute Gasteiger partial charge is 0.251 e. The van der Waals surface area contributed by atoms with Gasteiger partial charge >= 0.3 is 0 Å². The zero-order valence-electron chi connectivity index (χ0n) is 12.8. The van der Waals surface area contributed by atoms with Crippen LogP contribution in [-0.2, 0) is 19.1 Å². The van der Waals surface area contributed by atoms with Crippen LogP contribution in [0.5, 0.6) is 0 Å². The van der Waals surface area contributed by atoms with E-state index >= 15 is 0 Å². The number of hydroxylamine groups is 2. The molecule has 3 aliphatic rings. The van der Waals surface area contributed by atoms with Crippen LogP contribution >= 0.6 is 0 Å². The first kappa shape index (κ1) is 15.2. The Balaban J connectivity index is 1.57. The molecule has 3 saturated heterocycles. The van der Waals surface area contributed by atoms with Crippen molar-refractivity contribution in [3.8, 4) is 0 Å². The summed E-state index contributed by atoms with van der Waals surface area (Å²) in [6, 6.07) is 0. The highest BCUT2D eigenvalue weighted by Gasteiger charge is 2.45. The maximum Gasteiger partial charge on any atom is 0.251 e. The average molecular weight is 298 g/mol. The lowest BCUT2D eigenvalue weighted by molar-refractivity contribution is -0.181. The highest BCUT2D eigenvalue weighted by molar-refractivity contribution is 5.78. The highest BCUT2D eigenvalue weighted by Crippen LogP contribution is 2.35. The zero-order chi connectivity index (χ0) is 14.7. The molecule has 3 aliphatic heterocycles. The average Bonchev–Trinajstić information content (AvgIpc) is 3.15. The van der Waals surface area contributed by atoms with Crippen molar-refractivity contribution in [1.82, 2.24) is 9.96 Å². The SMILES string of the molecule is CCOCCN1C[C@@H]2COC[C@@H](C(=O)N3CCCO3)[C@@H]2C1. The molecule has 0 radical (unpaired) electrons. The molecule has 0 unspecified atom stereocenters. The first-order chi connectivity index (χ1) is 10.3. The third-order valence-corrected chi connectivity index (χ3v) is 4.79. The zero-order valence-corrected chi connectivity index (χ0v) is 12.8. The number of nitrogens with zero attached hydrogens (tertiary/aromatic N) is 2. The molecule has 0 saturated carbocycles. The number of hydrogen-bond acceptors (Lipinski definition) is 5. The summed E-state index contributed by atoms with van der Waals surface area (Å²) >= 11 is 0. The monoisotopic (exact) mass is 298 g/mol. The Labute approximate surface area is 126 Å². The van der Waals surface area contributed by atoms with Crippen molar-refractivity contribution >= 4 is 5.91 Å². The number of amides is 1. The number of rotatable bonds is 5. The molecule has 0 aromatic rings. The Morgan fingerprint density at radius 1 is 1.33 bits per heavy atom. The van der Waals surface area contributed by atoms with E-state index in [0.29, 0.717) is 25.0 Å². The standard InChI is InChI=1S/C15H26N2O4/c1-2-19-7-5-16-8-12-10-20-11-14(13(12)9-16)15(18)17-4-3-6-21-17/h12-14H,2-11H2,1H3/t12-,13-,14-/m1/s1. The molecule has 3 fully saturated rings. The van der Waals surface area contributed by atoms with Gasteiger partial charge in [-0.15, -0.1) is 0 Å². The van der Waals surface area contributed by atoms with Crippen molar-refractivity contribution in [3.05, 3.63) is 0 Å². The Bertz CT molecular complexity index is 360. The summed E-state index contributed by atoms with van der Waals surface area (Å²) in [7, 11) is 0. The molecular weight excluding hydrogens is 272 g/mol. The van der Waals surface area contributed by atoms with Gasteiger partial charge in [-0.05, 0) is 25.2 Å². The van der Waals surface area contributed by atoms with Gasteiger partial charge in [-0.3, -0.25) is 9.63 Å². The molecule has 0 N–H and O–H groups in total. The summed E-state index contributed by atoms with van der Waals surface area (Å²) in [5.74, 6) is 0.946. The van der Waals surface area contributed by atoms with E-state index in [1.807, 2.05) is 6.92 Å². The lowest BCUT2D eigenvalue weighted by atomic mass is 9.82. The molecule has 6 heteroatoms. The summed E-state index contributed by atoms with van der Waals surface area (Å²) in [5, 5.41) is 1.55. The van der Waals surface area contributed by atoms with Gasteiger partial charge in [0, 0.05) is 26.2 Å². The summed E-state index contributed by atoms with van der Waals surface area (Å²) in [4.78, 5) is 20.4. The molecule has 0 aromatic heterocycles. The summed E-state index contributed by atoms with van der Waals surface area (Å²) < 4.78 is 11.1. The van der Waals surface area contributed by atoms with Crippen molar-refractivity contribution in [2.45, 2.75) is 13.3 Å². The topological polar surface area (TPSA) is 51.2 Å². The second-order valence-electron chi connectivity index (χ2n) is 6.15. The molecule has 1 amide bonds. The maximum atomic E-state index is 12.6. The van der Waals surface area contributed by atoms with Gasteiger partial charge in [-0.1, -0.05) is 0 Å². The van der Waals surface area contributed by atoms with Gasteiger partial charge in [0.2, 0.25) is 0 Å². The molecule has 21 heavy (non-hydrogen) atoms. The molecule has 0 aliphatic carbocycles. The molecule has 120 valence electrons. The molecule has 0 spiro atoms. The molecule has 0 aromatic carbocycles. The highest BCUT2D eigenvalue weighted by atomic mass is 16.7. The van der Waals surface area contributed by atoms with E-state index in [4.69, 9.17) is 14.3 Å². The van der Waals surface area contributed by atoms with Crippen molar-refractivity contribution in [3.63, 3.8) is 0 Å². The molecule has 0 bridgehead atoms. The van der Waals surface area contributed by atoms with Crippen LogP contribution < -0.4 is 0 Å². The van der Waals surface area contributed by atoms with E-state index in [2.05, 4.69) is 4.90 Å². The van der Waals surface area contributed by atoms with Crippen LogP contribution in [0.2, 0.25) is 0 Å². The molecular formula is C15H26N2O4. The third kappa shape index (κ3) is 3.39. The van der Waals surface area contributed by atoms with Crippen molar-refractivity contribution in [2.24, 2.45) is 17.8 Å². The fraction of sp³-hybridized carbons (Fsp3) is 0.933. The van der Waals surface area contributed by atoms with Gasteiger partial charge in [0.1, 0.15) is 0 Å². The van der Waals surface area contributed by atoms with Gasteiger partial charge in [0.25, 0.3) is 5.91 Å². The van der Waals surface area contributed by atoms with Crippen LogP contribution in [0.15, 0.2) is 0 Å². The Morgan fingerprint density at radius 2 is 2.24 bits per heavy atom. The number of carbonyl (C=O) groups is 1. The van der Waals surface area contributed by atoms with Gasteiger partial charge in [-0.25, -0.2) is 5.06 Å². The summed E-state index contributed by atoms with van der Waals surface area (Å²) in [5.41, 5.74) is 0. The largest absolute Gasteiger partial charge is 0.380 e. The molecule has 6 nitrogen and oxygen atoms in total. The van der Waals surface area contributed by atoms with Gasteiger partial charge in [0.15, 0.2) is 0 Å². The van der Waals surface area contributed by atoms with Crippen LogP contribution in [0, 0.1) is 17.8 Å².